The molecule has 4 aliphatic carbocycles. The molecule has 0 aromatic rings. The van der Waals surface area contributed by atoms with E-state index in [9.17, 15) is 9.90 Å². The molecule has 3 nitrogen and oxygen atoms in total. The Kier molecular flexibility index (Phi) is 3.73. The molecule has 0 amide bonds. The van der Waals surface area contributed by atoms with E-state index in [0.717, 1.165) is 18.8 Å². The monoisotopic (exact) mass is 318 g/mol. The highest BCUT2D eigenvalue weighted by Gasteiger charge is 2.60. The Labute approximate surface area is 139 Å². The molecule has 3 heteroatoms. The van der Waals surface area contributed by atoms with Crippen LogP contribution in [-0.4, -0.2) is 30.7 Å². The molecule has 4 aliphatic rings. The van der Waals surface area contributed by atoms with Crippen LogP contribution in [0.25, 0.3) is 0 Å². The Morgan fingerprint density at radius 1 is 1.17 bits per heavy atom. The number of ether oxygens (including phenoxy) is 1. The van der Waals surface area contributed by atoms with Crippen molar-refractivity contribution in [1.29, 1.82) is 0 Å². The van der Waals surface area contributed by atoms with E-state index in [1.807, 2.05) is 13.2 Å². The van der Waals surface area contributed by atoms with Crippen molar-refractivity contribution in [3.05, 3.63) is 11.6 Å². The third-order valence-corrected chi connectivity index (χ3v) is 8.17. The molecule has 0 spiro atoms. The van der Waals surface area contributed by atoms with Gasteiger partial charge in [0.1, 0.15) is 0 Å². The minimum absolute atomic E-state index is 0.0939. The van der Waals surface area contributed by atoms with Gasteiger partial charge < -0.3 is 9.84 Å². The summed E-state index contributed by atoms with van der Waals surface area (Å²) in [7, 11) is 1.87. The number of carbonyl (C=O) groups is 1. The topological polar surface area (TPSA) is 46.5 Å². The fraction of sp³-hybridized carbons (Fsp3) is 0.850. The summed E-state index contributed by atoms with van der Waals surface area (Å²) in [5.74, 6) is 2.26. The number of ketones is 1. The molecular weight excluding hydrogens is 288 g/mol. The molecule has 0 aromatic heterocycles. The number of carbonyl (C=O) groups excluding carboxylic acids is 1. The lowest BCUT2D eigenvalue weighted by molar-refractivity contribution is -0.121. The zero-order valence-electron chi connectivity index (χ0n) is 14.5. The Hall–Kier alpha value is -0.670. The van der Waals surface area contributed by atoms with E-state index < -0.39 is 0 Å². The van der Waals surface area contributed by atoms with E-state index in [2.05, 4.69) is 6.92 Å². The summed E-state index contributed by atoms with van der Waals surface area (Å²) < 4.78 is 5.83. The lowest BCUT2D eigenvalue weighted by Crippen LogP contribution is -2.53. The van der Waals surface area contributed by atoms with E-state index in [4.69, 9.17) is 4.74 Å². The number of methoxy groups -OCH3 is 1. The molecule has 4 rings (SSSR count). The van der Waals surface area contributed by atoms with Gasteiger partial charge in [0.15, 0.2) is 5.78 Å². The van der Waals surface area contributed by atoms with Crippen LogP contribution in [0, 0.1) is 28.6 Å². The van der Waals surface area contributed by atoms with Gasteiger partial charge >= 0.3 is 0 Å². The molecule has 1 N–H and O–H groups in total. The zero-order valence-corrected chi connectivity index (χ0v) is 14.5. The first-order valence-corrected chi connectivity index (χ1v) is 9.43. The molecule has 0 heterocycles. The van der Waals surface area contributed by atoms with Crippen LogP contribution in [-0.2, 0) is 9.53 Å². The lowest BCUT2D eigenvalue weighted by atomic mass is 9.47. The summed E-state index contributed by atoms with van der Waals surface area (Å²) in [6.07, 6.45) is 10.8. The number of aliphatic hydroxyl groups excluding tert-OH is 1. The van der Waals surface area contributed by atoms with Crippen LogP contribution in [0.15, 0.2) is 11.6 Å². The molecule has 0 bridgehead atoms. The average molecular weight is 318 g/mol. The first kappa shape index (κ1) is 15.8. The molecule has 0 aliphatic heterocycles. The quantitative estimate of drug-likeness (QED) is 0.847. The predicted molar refractivity (Wildman–Crippen MR) is 88.9 cm³/mol. The fourth-order valence-corrected chi connectivity index (χ4v) is 7.00. The molecular formula is C20H30O3. The van der Waals surface area contributed by atoms with E-state index in [1.165, 1.54) is 37.7 Å². The van der Waals surface area contributed by atoms with Crippen LogP contribution in [0.4, 0.5) is 0 Å². The van der Waals surface area contributed by atoms with Crippen LogP contribution in [0.2, 0.25) is 0 Å². The molecule has 0 aromatic carbocycles. The van der Waals surface area contributed by atoms with Crippen molar-refractivity contribution in [2.45, 2.75) is 64.4 Å². The highest BCUT2D eigenvalue weighted by Crippen LogP contribution is 2.65. The fourth-order valence-electron chi connectivity index (χ4n) is 7.00. The summed E-state index contributed by atoms with van der Waals surface area (Å²) in [6.45, 7) is 2.67. The van der Waals surface area contributed by atoms with Crippen molar-refractivity contribution in [2.75, 3.05) is 13.7 Å². The van der Waals surface area contributed by atoms with E-state index in [0.29, 0.717) is 29.8 Å². The van der Waals surface area contributed by atoms with Crippen molar-refractivity contribution in [2.24, 2.45) is 28.6 Å². The largest absolute Gasteiger partial charge is 0.395 e. The molecule has 3 saturated carbocycles. The SMILES string of the molecule is CO[C@H]1CC[C@H]2[C@@H]3CCC4=CC(=O)CC[C@]4(CO)[C@H]3CC[C@]12C. The van der Waals surface area contributed by atoms with Gasteiger partial charge in [-0.2, -0.15) is 0 Å². The van der Waals surface area contributed by atoms with Gasteiger partial charge in [-0.05, 0) is 74.2 Å². The second kappa shape index (κ2) is 5.42. The molecule has 0 radical (unpaired) electrons. The maximum absolute atomic E-state index is 11.9. The van der Waals surface area contributed by atoms with Gasteiger partial charge in [0.2, 0.25) is 0 Å². The molecule has 0 saturated heterocycles. The minimum atomic E-state index is -0.0939. The first-order valence-electron chi connectivity index (χ1n) is 9.43. The molecule has 23 heavy (non-hydrogen) atoms. The summed E-state index contributed by atoms with van der Waals surface area (Å²) >= 11 is 0. The van der Waals surface area contributed by atoms with E-state index in [-0.39, 0.29) is 17.8 Å². The first-order chi connectivity index (χ1) is 11.0. The summed E-state index contributed by atoms with van der Waals surface area (Å²) in [6, 6.07) is 0. The Morgan fingerprint density at radius 3 is 2.74 bits per heavy atom. The van der Waals surface area contributed by atoms with E-state index >= 15 is 0 Å². The van der Waals surface area contributed by atoms with Gasteiger partial charge in [0.25, 0.3) is 0 Å². The van der Waals surface area contributed by atoms with Crippen molar-refractivity contribution < 1.29 is 14.6 Å². The van der Waals surface area contributed by atoms with E-state index in [1.54, 1.807) is 0 Å². The van der Waals surface area contributed by atoms with Gasteiger partial charge in [0.05, 0.1) is 12.7 Å². The standard InChI is InChI=1S/C20H30O3/c1-19-9-8-17-15(16(19)5-6-18(19)23-2)4-3-13-11-14(22)7-10-20(13,17)12-21/h11,15-18,21H,3-10,12H2,1-2H3/t15-,16-,17-,18-,19-,20+/m0/s1. The van der Waals surface area contributed by atoms with Crippen molar-refractivity contribution in [1.82, 2.24) is 0 Å². The number of rotatable bonds is 2. The average Bonchev–Trinajstić information content (AvgIpc) is 2.90. The van der Waals surface area contributed by atoms with Crippen LogP contribution in [0.1, 0.15) is 58.3 Å². The summed E-state index contributed by atoms with van der Waals surface area (Å²) in [5, 5.41) is 10.3. The van der Waals surface area contributed by atoms with Crippen LogP contribution >= 0.6 is 0 Å². The highest BCUT2D eigenvalue weighted by molar-refractivity contribution is 5.91. The smallest absolute Gasteiger partial charge is 0.155 e. The third-order valence-electron chi connectivity index (χ3n) is 8.17. The van der Waals surface area contributed by atoms with Crippen LogP contribution < -0.4 is 0 Å². The third kappa shape index (κ3) is 2.05. The summed E-state index contributed by atoms with van der Waals surface area (Å²) in [4.78, 5) is 11.9. The Bertz CT molecular complexity index is 539. The van der Waals surface area contributed by atoms with Gasteiger partial charge in [0, 0.05) is 18.9 Å². The number of hydrogen-bond acceptors (Lipinski definition) is 3. The maximum atomic E-state index is 11.9. The zero-order chi connectivity index (χ0) is 16.2. The van der Waals surface area contributed by atoms with Gasteiger partial charge in [-0.3, -0.25) is 4.79 Å². The lowest BCUT2D eigenvalue weighted by Gasteiger charge is -2.58. The van der Waals surface area contributed by atoms with Crippen molar-refractivity contribution in [3.8, 4) is 0 Å². The minimum Gasteiger partial charge on any atom is -0.395 e. The molecule has 0 unspecified atom stereocenters. The number of fused-ring (bicyclic) bond motifs is 5. The van der Waals surface area contributed by atoms with Crippen molar-refractivity contribution in [3.63, 3.8) is 0 Å². The Morgan fingerprint density at radius 2 is 2.00 bits per heavy atom. The second-order valence-corrected chi connectivity index (χ2v) is 8.71. The van der Waals surface area contributed by atoms with Crippen molar-refractivity contribution >= 4 is 5.78 Å². The van der Waals surface area contributed by atoms with Gasteiger partial charge in [-0.25, -0.2) is 0 Å². The highest BCUT2D eigenvalue weighted by atomic mass is 16.5. The molecule has 3 fully saturated rings. The number of hydrogen-bond donors (Lipinski definition) is 1. The molecule has 6 atom stereocenters. The predicted octanol–water partition coefficient (Wildman–Crippen LogP) is 3.51. The van der Waals surface area contributed by atoms with Crippen LogP contribution in [0.5, 0.6) is 0 Å². The Balaban J connectivity index is 1.69. The number of aliphatic hydroxyl groups is 1. The second-order valence-electron chi connectivity index (χ2n) is 8.71. The van der Waals surface area contributed by atoms with Crippen LogP contribution in [0.3, 0.4) is 0 Å². The maximum Gasteiger partial charge on any atom is 0.155 e. The summed E-state index contributed by atoms with van der Waals surface area (Å²) in [5.41, 5.74) is 1.49. The normalized spacial score (nSPS) is 49.2. The van der Waals surface area contributed by atoms with Gasteiger partial charge in [-0.15, -0.1) is 0 Å². The molecule has 128 valence electrons. The van der Waals surface area contributed by atoms with Gasteiger partial charge in [-0.1, -0.05) is 12.5 Å².